The van der Waals surface area contributed by atoms with Crippen molar-refractivity contribution in [1.82, 2.24) is 9.55 Å². The smallest absolute Gasteiger partial charge is 0.138 e. The lowest BCUT2D eigenvalue weighted by molar-refractivity contribution is 0.747. The highest BCUT2D eigenvalue weighted by Crippen LogP contribution is 2.49. The largest absolute Gasteiger partial charge is 0.333 e. The molecule has 2 unspecified atom stereocenters. The zero-order chi connectivity index (χ0) is 33.0. The van der Waals surface area contributed by atoms with Crippen LogP contribution in [0.3, 0.4) is 0 Å². The molecule has 3 nitrogen and oxygen atoms in total. The number of benzene rings is 6. The molecule has 0 N–H and O–H groups in total. The topological polar surface area (TPSA) is 21.1 Å². The van der Waals surface area contributed by atoms with Gasteiger partial charge in [0.1, 0.15) is 5.82 Å². The fourth-order valence-corrected chi connectivity index (χ4v) is 8.02. The Morgan fingerprint density at radius 1 is 0.500 bits per heavy atom. The van der Waals surface area contributed by atoms with Crippen LogP contribution in [0.15, 0.2) is 188 Å². The van der Waals surface area contributed by atoms with Gasteiger partial charge in [-0.1, -0.05) is 140 Å². The van der Waals surface area contributed by atoms with Gasteiger partial charge in [0.2, 0.25) is 0 Å². The van der Waals surface area contributed by atoms with Crippen LogP contribution < -0.4 is 4.90 Å². The maximum absolute atomic E-state index is 5.31. The third-order valence-corrected chi connectivity index (χ3v) is 10.3. The van der Waals surface area contributed by atoms with E-state index in [4.69, 9.17) is 4.98 Å². The highest BCUT2D eigenvalue weighted by molar-refractivity contribution is 6.10. The number of nitrogens with zero attached hydrogens (tertiary/aromatic N) is 3. The van der Waals surface area contributed by atoms with E-state index in [0.29, 0.717) is 0 Å². The van der Waals surface area contributed by atoms with E-state index >= 15 is 0 Å². The number of fused-ring (bicyclic) bond motifs is 6. The maximum Gasteiger partial charge on any atom is 0.138 e. The summed E-state index contributed by atoms with van der Waals surface area (Å²) in [4.78, 5) is 7.80. The van der Waals surface area contributed by atoms with Crippen molar-refractivity contribution in [2.45, 2.75) is 12.0 Å². The van der Waals surface area contributed by atoms with Crippen LogP contribution >= 0.6 is 0 Å². The molecule has 0 bridgehead atoms. The van der Waals surface area contributed by atoms with Crippen molar-refractivity contribution >= 4 is 38.8 Å². The fraction of sp³-hybridized carbons (Fsp3) is 0.0426. The van der Waals surface area contributed by atoms with Crippen LogP contribution in [0, 0.1) is 0 Å². The molecule has 2 atom stereocenters. The Morgan fingerprint density at radius 3 is 2.00 bits per heavy atom. The van der Waals surface area contributed by atoms with Gasteiger partial charge in [0, 0.05) is 33.6 Å². The molecule has 0 fully saturated rings. The number of rotatable bonds is 5. The third kappa shape index (κ3) is 4.62. The van der Waals surface area contributed by atoms with Crippen LogP contribution in [0.4, 0.5) is 11.4 Å². The van der Waals surface area contributed by atoms with Crippen LogP contribution in [0.2, 0.25) is 0 Å². The fourth-order valence-electron chi connectivity index (χ4n) is 8.02. The summed E-state index contributed by atoms with van der Waals surface area (Å²) in [6.07, 6.45) is 7.19. The second-order valence-corrected chi connectivity index (χ2v) is 13.2. The highest BCUT2D eigenvalue weighted by Gasteiger charge is 2.38. The molecule has 3 heterocycles. The summed E-state index contributed by atoms with van der Waals surface area (Å²) in [5, 5.41) is 2.44. The van der Waals surface area contributed by atoms with Gasteiger partial charge < -0.3 is 4.90 Å². The van der Waals surface area contributed by atoms with Gasteiger partial charge in [-0.25, -0.2) is 4.98 Å². The number of pyridine rings is 1. The minimum atomic E-state index is 0.242. The lowest BCUT2D eigenvalue weighted by Gasteiger charge is -2.29. The number of anilines is 2. The summed E-state index contributed by atoms with van der Waals surface area (Å²) in [6, 6.07) is 61.0. The molecule has 8 aromatic rings. The first-order chi connectivity index (χ1) is 24.8. The second kappa shape index (κ2) is 11.6. The van der Waals surface area contributed by atoms with E-state index in [1.165, 1.54) is 44.4 Å². The van der Waals surface area contributed by atoms with E-state index in [0.717, 1.165) is 33.7 Å². The van der Waals surface area contributed by atoms with Crippen LogP contribution in [0.1, 0.15) is 17.0 Å². The minimum Gasteiger partial charge on any atom is -0.333 e. The molecule has 0 radical (unpaired) electrons. The van der Waals surface area contributed by atoms with E-state index in [9.17, 15) is 0 Å². The molecule has 1 aliphatic carbocycles. The lowest BCUT2D eigenvalue weighted by atomic mass is 9.86. The monoisotopic (exact) mass is 639 g/mol. The SMILES string of the molecule is C1=CC2C(C=C1c1ccc3c(c1)c1ccccc1n3-c1cc(-c3ccccc3)cc(-c3ccccc3)n1)c1ccccc1N2c1ccccc1. The minimum absolute atomic E-state index is 0.242. The number of hydrogen-bond donors (Lipinski definition) is 0. The van der Waals surface area contributed by atoms with Crippen molar-refractivity contribution in [2.75, 3.05) is 4.90 Å². The first-order valence-corrected chi connectivity index (χ1v) is 17.3. The zero-order valence-electron chi connectivity index (χ0n) is 27.4. The van der Waals surface area contributed by atoms with Crippen molar-refractivity contribution in [1.29, 1.82) is 0 Å². The molecule has 0 amide bonds. The molecule has 236 valence electrons. The van der Waals surface area contributed by atoms with Gasteiger partial charge in [0.15, 0.2) is 0 Å². The van der Waals surface area contributed by atoms with Gasteiger partial charge in [0.25, 0.3) is 0 Å². The van der Waals surface area contributed by atoms with E-state index in [2.05, 4.69) is 198 Å². The summed E-state index contributed by atoms with van der Waals surface area (Å²) >= 11 is 0. The first kappa shape index (κ1) is 28.6. The predicted octanol–water partition coefficient (Wildman–Crippen LogP) is 11.8. The summed E-state index contributed by atoms with van der Waals surface area (Å²) in [7, 11) is 0. The molecule has 1 aliphatic heterocycles. The normalized spacial score (nSPS) is 16.4. The molecule has 0 saturated carbocycles. The van der Waals surface area contributed by atoms with Crippen molar-refractivity contribution in [3.8, 4) is 28.2 Å². The van der Waals surface area contributed by atoms with Gasteiger partial charge in [-0.2, -0.15) is 0 Å². The average molecular weight is 640 g/mol. The number of aromatic nitrogens is 2. The standard InChI is InChI=1S/C47H33N3/c1-4-14-32(15-5-1)36-30-42(33-16-6-2-7-17-33)48-47(31-36)50-44-23-13-11-21-39(44)41-29-35(25-27-46(41)50)34-24-26-45-40(28-34)38-20-10-12-22-43(38)49(45)37-18-8-3-9-19-37/h1-31,40,45H. The first-order valence-electron chi connectivity index (χ1n) is 17.3. The molecule has 3 heteroatoms. The molecule has 0 saturated heterocycles. The Morgan fingerprint density at radius 2 is 1.18 bits per heavy atom. The second-order valence-electron chi connectivity index (χ2n) is 13.2. The molecule has 2 aromatic heterocycles. The highest BCUT2D eigenvalue weighted by atomic mass is 15.2. The van der Waals surface area contributed by atoms with Crippen molar-refractivity contribution in [2.24, 2.45) is 0 Å². The van der Waals surface area contributed by atoms with Crippen molar-refractivity contribution < 1.29 is 0 Å². The Balaban J connectivity index is 1.11. The summed E-state index contributed by atoms with van der Waals surface area (Å²) in [6.45, 7) is 0. The Kier molecular flexibility index (Phi) is 6.63. The number of para-hydroxylation sites is 3. The van der Waals surface area contributed by atoms with Gasteiger partial charge in [-0.05, 0) is 76.4 Å². The Bertz CT molecular complexity index is 2540. The van der Waals surface area contributed by atoms with Crippen LogP contribution in [0.25, 0.3) is 55.6 Å². The van der Waals surface area contributed by atoms with Crippen LogP contribution in [-0.4, -0.2) is 15.6 Å². The molecule has 2 aliphatic rings. The molecule has 50 heavy (non-hydrogen) atoms. The van der Waals surface area contributed by atoms with Crippen molar-refractivity contribution in [3.63, 3.8) is 0 Å². The third-order valence-electron chi connectivity index (χ3n) is 10.3. The van der Waals surface area contributed by atoms with Gasteiger partial charge in [0.05, 0.1) is 22.8 Å². The van der Waals surface area contributed by atoms with E-state index < -0.39 is 0 Å². The average Bonchev–Trinajstić information content (AvgIpc) is 3.71. The van der Waals surface area contributed by atoms with E-state index in [-0.39, 0.29) is 12.0 Å². The van der Waals surface area contributed by atoms with Gasteiger partial charge in [-0.3, -0.25) is 4.57 Å². The molecular weight excluding hydrogens is 607 g/mol. The molecular formula is C47H33N3. The maximum atomic E-state index is 5.31. The van der Waals surface area contributed by atoms with E-state index in [1.807, 2.05) is 0 Å². The summed E-state index contributed by atoms with van der Waals surface area (Å²) in [5.41, 5.74) is 13.0. The quantitative estimate of drug-likeness (QED) is 0.187. The summed E-state index contributed by atoms with van der Waals surface area (Å²) in [5.74, 6) is 1.18. The number of hydrogen-bond acceptors (Lipinski definition) is 2. The Labute approximate surface area is 291 Å². The van der Waals surface area contributed by atoms with Crippen LogP contribution in [-0.2, 0) is 0 Å². The molecule has 10 rings (SSSR count). The molecule has 6 aromatic carbocycles. The number of allylic oxidation sites excluding steroid dienone is 2. The van der Waals surface area contributed by atoms with E-state index in [1.54, 1.807) is 0 Å². The summed E-state index contributed by atoms with van der Waals surface area (Å²) < 4.78 is 2.33. The Hall–Kier alpha value is -6.45. The van der Waals surface area contributed by atoms with Gasteiger partial charge >= 0.3 is 0 Å². The van der Waals surface area contributed by atoms with Crippen molar-refractivity contribution in [3.05, 3.63) is 199 Å². The molecule has 0 spiro atoms. The predicted molar refractivity (Wildman–Crippen MR) is 208 cm³/mol. The lowest BCUT2D eigenvalue weighted by Crippen LogP contribution is -2.28. The zero-order valence-corrected chi connectivity index (χ0v) is 27.4. The van der Waals surface area contributed by atoms with Crippen LogP contribution in [0.5, 0.6) is 0 Å². The van der Waals surface area contributed by atoms with Gasteiger partial charge in [-0.15, -0.1) is 0 Å².